The molecule has 2 aliphatic heterocycles. The third-order valence-corrected chi connectivity index (χ3v) is 3.91. The Labute approximate surface area is 152 Å². The first-order chi connectivity index (χ1) is 12.6. The van der Waals surface area contributed by atoms with E-state index in [1.165, 1.54) is 13.8 Å². The summed E-state index contributed by atoms with van der Waals surface area (Å²) in [6, 6.07) is 0. The molecule has 14 nitrogen and oxygen atoms in total. The summed E-state index contributed by atoms with van der Waals surface area (Å²) in [6.45, 7) is 2.19. The zero-order valence-corrected chi connectivity index (χ0v) is 14.5. The van der Waals surface area contributed by atoms with Crippen molar-refractivity contribution in [3.63, 3.8) is 0 Å². The summed E-state index contributed by atoms with van der Waals surface area (Å²) < 4.78 is 20.9. The quantitative estimate of drug-likeness (QED) is 0.304. The topological polar surface area (TPSA) is 179 Å². The van der Waals surface area contributed by atoms with Gasteiger partial charge in [0.2, 0.25) is 0 Å². The molecule has 2 aliphatic rings. The SMILES string of the molecule is CC(C)(CC(CO[N+](=O)[O-])O[N+](=O)[O-])OC(=O)O[C@@H]1CO[C@H]2[C@@H]1OC[C@H]2O. The molecule has 5 atom stereocenters. The number of carbonyl (C=O) groups is 1. The van der Waals surface area contributed by atoms with E-state index in [9.17, 15) is 30.1 Å². The average Bonchev–Trinajstić information content (AvgIpc) is 3.07. The van der Waals surface area contributed by atoms with Crippen molar-refractivity contribution in [2.24, 2.45) is 0 Å². The third-order valence-electron chi connectivity index (χ3n) is 3.91. The molecular formula is C13H20N2O12. The van der Waals surface area contributed by atoms with E-state index in [1.807, 2.05) is 0 Å². The van der Waals surface area contributed by atoms with Crippen LogP contribution in [0.15, 0.2) is 0 Å². The molecule has 0 spiro atoms. The normalized spacial score (nSPS) is 28.1. The highest BCUT2D eigenvalue weighted by molar-refractivity contribution is 5.61. The fourth-order valence-corrected chi connectivity index (χ4v) is 2.90. The lowest BCUT2D eigenvalue weighted by Crippen LogP contribution is -2.39. The number of hydrogen-bond acceptors (Lipinski definition) is 12. The van der Waals surface area contributed by atoms with Crippen molar-refractivity contribution in [2.75, 3.05) is 19.8 Å². The van der Waals surface area contributed by atoms with Gasteiger partial charge in [0.25, 0.3) is 10.2 Å². The summed E-state index contributed by atoms with van der Waals surface area (Å²) in [4.78, 5) is 41.2. The summed E-state index contributed by atoms with van der Waals surface area (Å²) in [6.07, 6.45) is -5.51. The number of ether oxygens (including phenoxy) is 4. The molecular weight excluding hydrogens is 376 g/mol. The molecule has 2 rings (SSSR count). The lowest BCUT2D eigenvalue weighted by molar-refractivity contribution is -0.790. The molecule has 0 radical (unpaired) electrons. The molecule has 1 N–H and O–H groups in total. The van der Waals surface area contributed by atoms with Crippen molar-refractivity contribution in [1.29, 1.82) is 0 Å². The Hall–Kier alpha value is -2.45. The van der Waals surface area contributed by atoms with Crippen LogP contribution in [-0.2, 0) is 28.6 Å². The molecule has 0 saturated carbocycles. The molecule has 0 aliphatic carbocycles. The van der Waals surface area contributed by atoms with E-state index in [0.717, 1.165) is 0 Å². The minimum absolute atomic E-state index is 0.0195. The van der Waals surface area contributed by atoms with Gasteiger partial charge in [0.05, 0.1) is 13.2 Å². The highest BCUT2D eigenvalue weighted by atomic mass is 17.0. The average molecular weight is 396 g/mol. The fourth-order valence-electron chi connectivity index (χ4n) is 2.90. The van der Waals surface area contributed by atoms with Gasteiger partial charge in [-0.1, -0.05) is 0 Å². The molecule has 0 amide bonds. The number of aliphatic hydroxyl groups excluding tert-OH is 1. The van der Waals surface area contributed by atoms with E-state index in [0.29, 0.717) is 0 Å². The molecule has 0 aromatic rings. The molecule has 0 aromatic carbocycles. The molecule has 154 valence electrons. The van der Waals surface area contributed by atoms with Crippen LogP contribution in [0.2, 0.25) is 0 Å². The summed E-state index contributed by atoms with van der Waals surface area (Å²) in [5, 5.41) is 28.2. The predicted molar refractivity (Wildman–Crippen MR) is 80.4 cm³/mol. The van der Waals surface area contributed by atoms with Gasteiger partial charge < -0.3 is 33.7 Å². The molecule has 2 fully saturated rings. The van der Waals surface area contributed by atoms with Gasteiger partial charge in [0.1, 0.15) is 36.6 Å². The van der Waals surface area contributed by atoms with Crippen molar-refractivity contribution in [1.82, 2.24) is 0 Å². The first-order valence-corrected chi connectivity index (χ1v) is 7.97. The number of hydrogen-bond donors (Lipinski definition) is 1. The number of carbonyl (C=O) groups excluding carboxylic acids is 1. The molecule has 1 unspecified atom stereocenters. The van der Waals surface area contributed by atoms with Gasteiger partial charge in [0.15, 0.2) is 6.10 Å². The predicted octanol–water partition coefficient (Wildman–Crippen LogP) is -0.379. The summed E-state index contributed by atoms with van der Waals surface area (Å²) in [5.74, 6) is 0. The summed E-state index contributed by atoms with van der Waals surface area (Å²) in [5.41, 5.74) is -1.33. The van der Waals surface area contributed by atoms with Crippen molar-refractivity contribution in [3.8, 4) is 0 Å². The van der Waals surface area contributed by atoms with Crippen LogP contribution in [0.1, 0.15) is 20.3 Å². The number of nitrogens with zero attached hydrogens (tertiary/aromatic N) is 2. The maximum Gasteiger partial charge on any atom is 0.509 e. The van der Waals surface area contributed by atoms with E-state index in [1.54, 1.807) is 0 Å². The smallest absolute Gasteiger partial charge is 0.428 e. The lowest BCUT2D eigenvalue weighted by Gasteiger charge is -2.28. The van der Waals surface area contributed by atoms with E-state index in [-0.39, 0.29) is 19.6 Å². The Bertz CT molecular complexity index is 569. The van der Waals surface area contributed by atoms with Gasteiger partial charge in [-0.05, 0) is 13.8 Å². The van der Waals surface area contributed by atoms with E-state index in [4.69, 9.17) is 18.9 Å². The minimum atomic E-state index is -1.35. The van der Waals surface area contributed by atoms with Gasteiger partial charge in [-0.25, -0.2) is 4.79 Å². The second-order valence-electron chi connectivity index (χ2n) is 6.61. The minimum Gasteiger partial charge on any atom is -0.428 e. The van der Waals surface area contributed by atoms with E-state index >= 15 is 0 Å². The van der Waals surface area contributed by atoms with Crippen LogP contribution in [0.25, 0.3) is 0 Å². The van der Waals surface area contributed by atoms with Crippen LogP contribution < -0.4 is 0 Å². The fraction of sp³-hybridized carbons (Fsp3) is 0.923. The first-order valence-electron chi connectivity index (χ1n) is 7.97. The van der Waals surface area contributed by atoms with Crippen molar-refractivity contribution in [3.05, 3.63) is 20.2 Å². The second kappa shape index (κ2) is 8.49. The van der Waals surface area contributed by atoms with Crippen LogP contribution in [-0.4, -0.2) is 77.4 Å². The number of rotatable bonds is 9. The van der Waals surface area contributed by atoms with Crippen LogP contribution >= 0.6 is 0 Å². The third kappa shape index (κ3) is 6.04. The zero-order valence-electron chi connectivity index (χ0n) is 14.5. The van der Waals surface area contributed by atoms with Crippen LogP contribution in [0.4, 0.5) is 4.79 Å². The van der Waals surface area contributed by atoms with Gasteiger partial charge in [-0.15, -0.1) is 20.2 Å². The zero-order chi connectivity index (χ0) is 20.2. The lowest BCUT2D eigenvalue weighted by atomic mass is 10.0. The molecule has 0 bridgehead atoms. The van der Waals surface area contributed by atoms with E-state index in [2.05, 4.69) is 9.68 Å². The Balaban J connectivity index is 1.86. The standard InChI is InChI=1S/C13H20N2O12/c1-13(2,3-7(27-15(20)21)4-24-14(18)19)26-12(17)25-9-6-23-10-8(16)5-22-11(9)10/h7-11,16H,3-6H2,1-2H3/t7?,8-,9-,10-,11-/m1/s1. The first kappa shape index (κ1) is 20.9. The molecule has 14 heteroatoms. The van der Waals surface area contributed by atoms with E-state index < -0.39 is 59.1 Å². The van der Waals surface area contributed by atoms with Crippen LogP contribution in [0.5, 0.6) is 0 Å². The molecule has 27 heavy (non-hydrogen) atoms. The monoisotopic (exact) mass is 396 g/mol. The maximum atomic E-state index is 12.0. The van der Waals surface area contributed by atoms with Gasteiger partial charge in [0, 0.05) is 6.42 Å². The van der Waals surface area contributed by atoms with Crippen molar-refractivity contribution < 1.29 is 48.7 Å². The summed E-state index contributed by atoms with van der Waals surface area (Å²) in [7, 11) is 0. The Morgan fingerprint density at radius 3 is 2.52 bits per heavy atom. The number of aliphatic hydroxyl groups is 1. The van der Waals surface area contributed by atoms with Crippen LogP contribution in [0.3, 0.4) is 0 Å². The Kier molecular flexibility index (Phi) is 6.56. The molecule has 2 saturated heterocycles. The second-order valence-corrected chi connectivity index (χ2v) is 6.61. The molecule has 0 aromatic heterocycles. The van der Waals surface area contributed by atoms with Gasteiger partial charge in [-0.3, -0.25) is 0 Å². The molecule has 2 heterocycles. The maximum absolute atomic E-state index is 12.0. The van der Waals surface area contributed by atoms with Crippen molar-refractivity contribution >= 4 is 6.16 Å². The van der Waals surface area contributed by atoms with Crippen LogP contribution in [0, 0.1) is 20.2 Å². The van der Waals surface area contributed by atoms with Gasteiger partial charge in [-0.2, -0.15) is 0 Å². The van der Waals surface area contributed by atoms with Gasteiger partial charge >= 0.3 is 6.16 Å². The highest BCUT2D eigenvalue weighted by Crippen LogP contribution is 2.29. The summed E-state index contributed by atoms with van der Waals surface area (Å²) >= 11 is 0. The Morgan fingerprint density at radius 2 is 1.89 bits per heavy atom. The number of fused-ring (bicyclic) bond motifs is 1. The Morgan fingerprint density at radius 1 is 1.22 bits per heavy atom. The highest BCUT2D eigenvalue weighted by Gasteiger charge is 2.49. The largest absolute Gasteiger partial charge is 0.509 e. The van der Waals surface area contributed by atoms with Crippen molar-refractivity contribution in [2.45, 2.75) is 56.4 Å².